The number of nitrogens with zero attached hydrogens (tertiary/aromatic N) is 2. The van der Waals surface area contributed by atoms with E-state index in [1.54, 1.807) is 15.9 Å². The highest BCUT2D eigenvalue weighted by atomic mass is 32.2. The maximum Gasteiger partial charge on any atom is 0.267 e. The summed E-state index contributed by atoms with van der Waals surface area (Å²) in [7, 11) is 0. The van der Waals surface area contributed by atoms with Crippen LogP contribution in [0.25, 0.3) is 15.9 Å². The quantitative estimate of drug-likeness (QED) is 0.541. The van der Waals surface area contributed by atoms with Crippen LogP contribution in [-0.4, -0.2) is 27.0 Å². The average Bonchev–Trinajstić information content (AvgIpc) is 2.91. The second-order valence-corrected chi connectivity index (χ2v) is 8.31. The van der Waals surface area contributed by atoms with Gasteiger partial charge in [0.2, 0.25) is 0 Å². The van der Waals surface area contributed by atoms with Crippen LogP contribution in [0.4, 0.5) is 0 Å². The molecule has 25 heavy (non-hydrogen) atoms. The summed E-state index contributed by atoms with van der Waals surface area (Å²) in [5.41, 5.74) is 4.23. The molecule has 0 amide bonds. The van der Waals surface area contributed by atoms with Crippen LogP contribution < -0.4 is 5.56 Å². The topological polar surface area (TPSA) is 55.1 Å². The van der Waals surface area contributed by atoms with E-state index in [0.29, 0.717) is 10.9 Å². The van der Waals surface area contributed by atoms with Gasteiger partial charge >= 0.3 is 0 Å². The number of thiophene rings is 1. The first-order valence-electron chi connectivity index (χ1n) is 8.34. The predicted molar refractivity (Wildman–Crippen MR) is 107 cm³/mol. The third kappa shape index (κ3) is 3.26. The Morgan fingerprint density at radius 3 is 2.64 bits per heavy atom. The number of aliphatic hydroxyl groups is 1. The molecule has 0 aliphatic rings. The van der Waals surface area contributed by atoms with E-state index in [2.05, 4.69) is 13.8 Å². The second kappa shape index (κ2) is 7.32. The first-order valence-corrected chi connectivity index (χ1v) is 10.1. The molecule has 2 aromatic heterocycles. The average molecular weight is 375 g/mol. The van der Waals surface area contributed by atoms with Gasteiger partial charge in [0.25, 0.3) is 5.56 Å². The Balaban J connectivity index is 2.35. The molecule has 1 N–H and O–H groups in total. The molecule has 0 aliphatic heterocycles. The number of aromatic nitrogens is 2. The van der Waals surface area contributed by atoms with Gasteiger partial charge in [-0.25, -0.2) is 4.98 Å². The smallest absolute Gasteiger partial charge is 0.267 e. The minimum absolute atomic E-state index is 0.0186. The number of hydrogen-bond acceptors (Lipinski definition) is 5. The summed E-state index contributed by atoms with van der Waals surface area (Å²) in [5.74, 6) is 0.508. The molecule has 0 saturated carbocycles. The van der Waals surface area contributed by atoms with Crippen LogP contribution in [0, 0.1) is 20.8 Å². The number of hydrogen-bond donors (Lipinski definition) is 1. The minimum Gasteiger partial charge on any atom is -0.396 e. The molecular weight excluding hydrogens is 352 g/mol. The van der Waals surface area contributed by atoms with Crippen LogP contribution in [0.5, 0.6) is 0 Å². The summed E-state index contributed by atoms with van der Waals surface area (Å²) in [6.07, 6.45) is 0.818. The van der Waals surface area contributed by atoms with E-state index in [9.17, 15) is 9.90 Å². The van der Waals surface area contributed by atoms with Crippen molar-refractivity contribution >= 4 is 33.3 Å². The highest BCUT2D eigenvalue weighted by Crippen LogP contribution is 2.30. The number of benzene rings is 1. The number of aliphatic hydroxyl groups excluding tert-OH is 1. The first-order chi connectivity index (χ1) is 12.0. The molecule has 132 valence electrons. The Morgan fingerprint density at radius 1 is 1.24 bits per heavy atom. The van der Waals surface area contributed by atoms with Crippen molar-refractivity contribution in [1.82, 2.24) is 9.55 Å². The fraction of sp³-hybridized carbons (Fsp3) is 0.368. The maximum atomic E-state index is 13.4. The molecule has 1 aromatic carbocycles. The fourth-order valence-electron chi connectivity index (χ4n) is 2.95. The molecule has 0 spiro atoms. The van der Waals surface area contributed by atoms with E-state index >= 15 is 0 Å². The van der Waals surface area contributed by atoms with E-state index in [4.69, 9.17) is 4.98 Å². The maximum absolute atomic E-state index is 13.4. The number of fused-ring (bicyclic) bond motifs is 1. The molecule has 0 atom stereocenters. The standard InChI is InChI=1S/C19H22N2O2S2/c1-5-15-13(4)25-17-16(15)18(23)21(19(20-17)24-9-8-22)14-7-6-11(2)12(3)10-14/h6-7,10,22H,5,8-9H2,1-4H3. The lowest BCUT2D eigenvalue weighted by atomic mass is 10.1. The van der Waals surface area contributed by atoms with Gasteiger partial charge in [0.05, 0.1) is 17.7 Å². The molecule has 0 bridgehead atoms. The lowest BCUT2D eigenvalue weighted by molar-refractivity contribution is 0.322. The third-order valence-corrected chi connectivity index (χ3v) is 6.38. The second-order valence-electron chi connectivity index (χ2n) is 6.05. The molecule has 4 nitrogen and oxygen atoms in total. The van der Waals surface area contributed by atoms with Gasteiger partial charge in [0.15, 0.2) is 5.16 Å². The van der Waals surface area contributed by atoms with Crippen molar-refractivity contribution in [3.63, 3.8) is 0 Å². The van der Waals surface area contributed by atoms with E-state index in [1.165, 1.54) is 17.3 Å². The van der Waals surface area contributed by atoms with Gasteiger partial charge in [-0.2, -0.15) is 0 Å². The Kier molecular flexibility index (Phi) is 5.32. The summed E-state index contributed by atoms with van der Waals surface area (Å²) in [5, 5.41) is 10.6. The Morgan fingerprint density at radius 2 is 2.00 bits per heavy atom. The van der Waals surface area contributed by atoms with Crippen LogP contribution in [0.1, 0.15) is 28.5 Å². The van der Waals surface area contributed by atoms with Crippen molar-refractivity contribution in [3.05, 3.63) is 50.1 Å². The zero-order valence-corrected chi connectivity index (χ0v) is 16.6. The summed E-state index contributed by atoms with van der Waals surface area (Å²) in [6.45, 7) is 8.27. The fourth-order valence-corrected chi connectivity index (χ4v) is 4.86. The highest BCUT2D eigenvalue weighted by molar-refractivity contribution is 7.99. The third-order valence-electron chi connectivity index (χ3n) is 4.42. The highest BCUT2D eigenvalue weighted by Gasteiger charge is 2.19. The van der Waals surface area contributed by atoms with Crippen molar-refractivity contribution in [2.24, 2.45) is 0 Å². The van der Waals surface area contributed by atoms with Gasteiger partial charge in [0.1, 0.15) is 4.83 Å². The monoisotopic (exact) mass is 374 g/mol. The summed E-state index contributed by atoms with van der Waals surface area (Å²) >= 11 is 2.99. The van der Waals surface area contributed by atoms with Gasteiger partial charge in [-0.05, 0) is 56.0 Å². The molecule has 2 heterocycles. The molecule has 0 radical (unpaired) electrons. The Hall–Kier alpha value is -1.63. The van der Waals surface area contributed by atoms with Crippen molar-refractivity contribution in [1.29, 1.82) is 0 Å². The molecular formula is C19H22N2O2S2. The largest absolute Gasteiger partial charge is 0.396 e. The van der Waals surface area contributed by atoms with Crippen molar-refractivity contribution in [2.45, 2.75) is 39.3 Å². The first kappa shape index (κ1) is 18.2. The van der Waals surface area contributed by atoms with Crippen LogP contribution in [0.3, 0.4) is 0 Å². The predicted octanol–water partition coefficient (Wildman–Crippen LogP) is 4.02. The summed E-state index contributed by atoms with van der Waals surface area (Å²) in [4.78, 5) is 20.1. The zero-order chi connectivity index (χ0) is 18.1. The summed E-state index contributed by atoms with van der Waals surface area (Å²) in [6, 6.07) is 6.02. The zero-order valence-electron chi connectivity index (χ0n) is 14.9. The lowest BCUT2D eigenvalue weighted by Gasteiger charge is -2.13. The molecule has 0 aliphatic carbocycles. The van der Waals surface area contributed by atoms with E-state index in [0.717, 1.165) is 38.3 Å². The molecule has 3 aromatic rings. The molecule has 3 rings (SSSR count). The van der Waals surface area contributed by atoms with Crippen LogP contribution in [0.2, 0.25) is 0 Å². The summed E-state index contributed by atoms with van der Waals surface area (Å²) < 4.78 is 1.69. The van der Waals surface area contributed by atoms with Gasteiger partial charge in [-0.1, -0.05) is 24.8 Å². The molecule has 0 saturated heterocycles. The molecule has 0 fully saturated rings. The number of thioether (sulfide) groups is 1. The van der Waals surface area contributed by atoms with Gasteiger partial charge in [-0.3, -0.25) is 9.36 Å². The van der Waals surface area contributed by atoms with E-state index < -0.39 is 0 Å². The lowest BCUT2D eigenvalue weighted by Crippen LogP contribution is -2.22. The SMILES string of the molecule is CCc1c(C)sc2nc(SCCO)n(-c3ccc(C)c(C)c3)c(=O)c12. The molecule has 0 unspecified atom stereocenters. The molecule has 6 heteroatoms. The van der Waals surface area contributed by atoms with Crippen LogP contribution >= 0.6 is 23.1 Å². The van der Waals surface area contributed by atoms with Gasteiger partial charge in [-0.15, -0.1) is 11.3 Å². The minimum atomic E-state index is -0.0186. The van der Waals surface area contributed by atoms with E-state index in [-0.39, 0.29) is 12.2 Å². The van der Waals surface area contributed by atoms with Crippen molar-refractivity contribution in [2.75, 3.05) is 12.4 Å². The van der Waals surface area contributed by atoms with E-state index in [1.807, 2.05) is 32.0 Å². The van der Waals surface area contributed by atoms with Crippen molar-refractivity contribution in [3.8, 4) is 5.69 Å². The van der Waals surface area contributed by atoms with Gasteiger partial charge in [0, 0.05) is 10.6 Å². The van der Waals surface area contributed by atoms with Crippen molar-refractivity contribution < 1.29 is 5.11 Å². The van der Waals surface area contributed by atoms with Crippen LogP contribution in [-0.2, 0) is 6.42 Å². The Labute approximate surface area is 155 Å². The number of aryl methyl sites for hydroxylation is 4. The Bertz CT molecular complexity index is 989. The van der Waals surface area contributed by atoms with Gasteiger partial charge < -0.3 is 5.11 Å². The van der Waals surface area contributed by atoms with Crippen LogP contribution in [0.15, 0.2) is 28.2 Å². The normalized spacial score (nSPS) is 11.4. The number of rotatable bonds is 5.